The molecule has 0 spiro atoms. The second-order valence-corrected chi connectivity index (χ2v) is 15.0. The van der Waals surface area contributed by atoms with Crippen LogP contribution in [0.1, 0.15) is 62.4 Å². The number of thiazole rings is 1. The largest absolute Gasteiger partial charge is 0.452 e. The Balaban J connectivity index is 1.50. The number of nitrogens with zero attached hydrogens (tertiary/aromatic N) is 2. The number of amides is 2. The van der Waals surface area contributed by atoms with Gasteiger partial charge in [-0.1, -0.05) is 88.4 Å². The Labute approximate surface area is 300 Å². The van der Waals surface area contributed by atoms with Crippen LogP contribution in [-0.2, 0) is 32.1 Å². The number of ether oxygens (including phenoxy) is 2. The highest BCUT2D eigenvalue weighted by molar-refractivity contribution is 7.15. The minimum Gasteiger partial charge on any atom is -0.452 e. The third-order valence-electron chi connectivity index (χ3n) is 8.98. The highest BCUT2D eigenvalue weighted by Gasteiger charge is 2.50. The van der Waals surface area contributed by atoms with Gasteiger partial charge in [0.15, 0.2) is 6.10 Å². The number of carbonyl (C=O) groups is 3. The van der Waals surface area contributed by atoms with Crippen molar-refractivity contribution in [1.82, 2.24) is 15.2 Å². The Bertz CT molecular complexity index is 1830. The van der Waals surface area contributed by atoms with Gasteiger partial charge in [-0.15, -0.1) is 11.3 Å². The second kappa shape index (κ2) is 16.1. The Morgan fingerprint density at radius 3 is 2.29 bits per heavy atom. The van der Waals surface area contributed by atoms with Gasteiger partial charge in [0.25, 0.3) is 5.91 Å². The topological polar surface area (TPSA) is 97.8 Å². The first-order valence-electron chi connectivity index (χ1n) is 16.8. The average molecular weight is 722 g/mol. The molecular formula is C39H42F3N3O5S. The van der Waals surface area contributed by atoms with Crippen LogP contribution < -0.4 is 5.32 Å². The molecule has 1 aliphatic rings. The number of nitrogens with one attached hydrogen (secondary N) is 1. The van der Waals surface area contributed by atoms with Gasteiger partial charge in [0.1, 0.15) is 29.4 Å². The SMILES string of the molecule is CC(=O)O[C@@H]1C(=O)N([C@@H](c2nc(-c3cc(F)ccc3F)sc2Cc2ccccc2)C(C)(C)C)C[C@@H]([C@@H](F)CNC(=O)OCc2ccccc2)C1C. The lowest BCUT2D eigenvalue weighted by atomic mass is 9.76. The molecule has 3 aromatic carbocycles. The third kappa shape index (κ3) is 9.15. The molecule has 5 atom stereocenters. The zero-order chi connectivity index (χ0) is 36.9. The van der Waals surface area contributed by atoms with Crippen LogP contribution in [0.4, 0.5) is 18.0 Å². The summed E-state index contributed by atoms with van der Waals surface area (Å²) in [5.41, 5.74) is 1.43. The molecule has 51 heavy (non-hydrogen) atoms. The Morgan fingerprint density at radius 1 is 1.02 bits per heavy atom. The molecule has 5 rings (SSSR count). The molecule has 2 heterocycles. The summed E-state index contributed by atoms with van der Waals surface area (Å²) in [6, 6.07) is 21.0. The number of carbonyl (C=O) groups excluding carboxylic acids is 3. The fourth-order valence-electron chi connectivity index (χ4n) is 6.50. The molecule has 12 heteroatoms. The molecule has 1 saturated heterocycles. The molecule has 4 aromatic rings. The summed E-state index contributed by atoms with van der Waals surface area (Å²) in [6.07, 6.45) is -3.39. The first-order valence-corrected chi connectivity index (χ1v) is 17.6. The van der Waals surface area contributed by atoms with E-state index >= 15 is 8.78 Å². The number of alkyl halides is 1. The van der Waals surface area contributed by atoms with Crippen LogP contribution >= 0.6 is 11.3 Å². The predicted octanol–water partition coefficient (Wildman–Crippen LogP) is 8.06. The quantitative estimate of drug-likeness (QED) is 0.158. The number of piperidine rings is 1. The summed E-state index contributed by atoms with van der Waals surface area (Å²) in [7, 11) is 0. The maximum atomic E-state index is 16.3. The lowest BCUT2D eigenvalue weighted by molar-refractivity contribution is -0.175. The van der Waals surface area contributed by atoms with E-state index in [1.165, 1.54) is 23.2 Å². The normalized spacial score (nSPS) is 18.9. The van der Waals surface area contributed by atoms with E-state index in [-0.39, 0.29) is 23.7 Å². The highest BCUT2D eigenvalue weighted by Crippen LogP contribution is 2.46. The molecule has 0 radical (unpaired) electrons. The Kier molecular flexibility index (Phi) is 11.8. The standard InChI is InChI=1S/C39H42F3N3O5S/c1-23-29(31(42)20-43-38(48)49-22-26-14-10-7-11-15-26)21-45(37(47)34(23)50-24(2)46)35(39(3,4)5)33-32(18-25-12-8-6-9-13-25)51-36(44-33)28-19-27(40)16-17-30(28)41/h6-17,19,23,29,31,34-35H,18,20-22H2,1-5H3,(H,43,48)/t23?,29-,31+,34+,35+/m1/s1. The van der Waals surface area contributed by atoms with Gasteiger partial charge in [-0.2, -0.15) is 0 Å². The summed E-state index contributed by atoms with van der Waals surface area (Å²) in [6.45, 7) is 8.07. The van der Waals surface area contributed by atoms with Crippen LogP contribution in [-0.4, -0.2) is 53.2 Å². The number of esters is 1. The number of rotatable bonds is 11. The third-order valence-corrected chi connectivity index (χ3v) is 10.1. The first kappa shape index (κ1) is 37.5. The Hall–Kier alpha value is -4.71. The molecule has 1 aliphatic heterocycles. The van der Waals surface area contributed by atoms with Crippen LogP contribution in [0.2, 0.25) is 0 Å². The monoisotopic (exact) mass is 721 g/mol. The van der Waals surface area contributed by atoms with E-state index in [1.54, 1.807) is 19.1 Å². The van der Waals surface area contributed by atoms with E-state index in [4.69, 9.17) is 14.5 Å². The minimum absolute atomic E-state index is 0.00793. The maximum Gasteiger partial charge on any atom is 0.407 e. The summed E-state index contributed by atoms with van der Waals surface area (Å²) >= 11 is 1.20. The van der Waals surface area contributed by atoms with Crippen molar-refractivity contribution in [2.45, 2.75) is 66.0 Å². The summed E-state index contributed by atoms with van der Waals surface area (Å²) in [5, 5.41) is 2.72. The smallest absolute Gasteiger partial charge is 0.407 e. The molecule has 1 fully saturated rings. The summed E-state index contributed by atoms with van der Waals surface area (Å²) < 4.78 is 56.5. The van der Waals surface area contributed by atoms with Crippen LogP contribution in [0.25, 0.3) is 10.6 Å². The number of halogens is 3. The first-order chi connectivity index (χ1) is 24.2. The summed E-state index contributed by atoms with van der Waals surface area (Å²) in [5.74, 6) is -4.11. The van der Waals surface area contributed by atoms with Gasteiger partial charge in [-0.25, -0.2) is 22.9 Å². The van der Waals surface area contributed by atoms with Crippen molar-refractivity contribution in [2.75, 3.05) is 13.1 Å². The van der Waals surface area contributed by atoms with Crippen molar-refractivity contribution in [3.05, 3.63) is 112 Å². The van der Waals surface area contributed by atoms with Crippen LogP contribution in [0.3, 0.4) is 0 Å². The van der Waals surface area contributed by atoms with Gasteiger partial charge in [-0.3, -0.25) is 9.59 Å². The fourth-order valence-corrected chi connectivity index (χ4v) is 7.65. The molecule has 1 aromatic heterocycles. The lowest BCUT2D eigenvalue weighted by Gasteiger charge is -2.48. The van der Waals surface area contributed by atoms with Crippen molar-refractivity contribution in [1.29, 1.82) is 0 Å². The fraction of sp³-hybridized carbons (Fsp3) is 0.385. The highest BCUT2D eigenvalue weighted by atomic mass is 32.1. The molecule has 8 nitrogen and oxygen atoms in total. The van der Waals surface area contributed by atoms with Crippen molar-refractivity contribution >= 4 is 29.3 Å². The zero-order valence-corrected chi connectivity index (χ0v) is 30.0. The van der Waals surface area contributed by atoms with Crippen molar-refractivity contribution in [3.63, 3.8) is 0 Å². The van der Waals surface area contributed by atoms with Gasteiger partial charge in [0.05, 0.1) is 18.3 Å². The van der Waals surface area contributed by atoms with E-state index in [2.05, 4.69) is 5.32 Å². The zero-order valence-electron chi connectivity index (χ0n) is 29.2. The van der Waals surface area contributed by atoms with E-state index in [1.807, 2.05) is 69.3 Å². The van der Waals surface area contributed by atoms with Crippen molar-refractivity contribution in [3.8, 4) is 10.6 Å². The number of alkyl carbamates (subject to hydrolysis) is 1. The van der Waals surface area contributed by atoms with Gasteiger partial charge < -0.3 is 19.7 Å². The molecule has 1 unspecified atom stereocenters. The molecule has 0 saturated carbocycles. The average Bonchev–Trinajstić information content (AvgIpc) is 3.49. The van der Waals surface area contributed by atoms with E-state index in [9.17, 15) is 18.8 Å². The van der Waals surface area contributed by atoms with Gasteiger partial charge >= 0.3 is 12.1 Å². The number of hydrogen-bond donors (Lipinski definition) is 1. The van der Waals surface area contributed by atoms with Crippen molar-refractivity contribution in [2.24, 2.45) is 17.3 Å². The maximum absolute atomic E-state index is 16.3. The number of aromatic nitrogens is 1. The second-order valence-electron chi connectivity index (χ2n) is 13.9. The number of benzene rings is 3. The molecule has 270 valence electrons. The molecule has 1 N–H and O–H groups in total. The van der Waals surface area contributed by atoms with Crippen LogP contribution in [0.15, 0.2) is 78.9 Å². The molecule has 2 amide bonds. The van der Waals surface area contributed by atoms with Crippen LogP contribution in [0.5, 0.6) is 0 Å². The van der Waals surface area contributed by atoms with Crippen molar-refractivity contribution < 1.29 is 37.0 Å². The lowest BCUT2D eigenvalue weighted by Crippen LogP contribution is -2.59. The Morgan fingerprint density at radius 2 is 1.67 bits per heavy atom. The van der Waals surface area contributed by atoms with E-state index < -0.39 is 71.7 Å². The number of hydrogen-bond acceptors (Lipinski definition) is 7. The minimum atomic E-state index is -1.66. The molecule has 0 bridgehead atoms. The molecular weight excluding hydrogens is 680 g/mol. The predicted molar refractivity (Wildman–Crippen MR) is 188 cm³/mol. The van der Waals surface area contributed by atoms with Gasteiger partial charge in [-0.05, 0) is 34.7 Å². The summed E-state index contributed by atoms with van der Waals surface area (Å²) in [4.78, 5) is 46.2. The van der Waals surface area contributed by atoms with E-state index in [0.29, 0.717) is 17.0 Å². The molecule has 0 aliphatic carbocycles. The van der Waals surface area contributed by atoms with Gasteiger partial charge in [0.2, 0.25) is 0 Å². The van der Waals surface area contributed by atoms with E-state index in [0.717, 1.165) is 29.3 Å². The number of likely N-dealkylation sites (tertiary alicyclic amines) is 1. The van der Waals surface area contributed by atoms with Crippen LogP contribution in [0, 0.1) is 28.9 Å². The van der Waals surface area contributed by atoms with Gasteiger partial charge in [0, 0.05) is 42.2 Å².